The number of hydrogen-bond acceptors (Lipinski definition) is 6. The van der Waals surface area contributed by atoms with Gasteiger partial charge in [-0.3, -0.25) is 4.79 Å². The third-order valence-corrected chi connectivity index (χ3v) is 4.91. The summed E-state index contributed by atoms with van der Waals surface area (Å²) >= 11 is 0. The first-order chi connectivity index (χ1) is 11.0. The van der Waals surface area contributed by atoms with Crippen LogP contribution in [0.4, 0.5) is 0 Å². The summed E-state index contributed by atoms with van der Waals surface area (Å²) in [6, 6.07) is 6.50. The zero-order valence-electron chi connectivity index (χ0n) is 12.7. The van der Waals surface area contributed by atoms with Crippen LogP contribution in [-0.2, 0) is 10.0 Å². The number of carbonyl (C=O) groups excluding carboxylic acids is 1. The molecular formula is C15H17N3O4S. The molecule has 0 bridgehead atoms. The first kappa shape index (κ1) is 15.7. The highest BCUT2D eigenvalue weighted by Gasteiger charge is 2.29. The van der Waals surface area contributed by atoms with Crippen molar-refractivity contribution in [3.8, 4) is 11.4 Å². The Labute approximate surface area is 134 Å². The van der Waals surface area contributed by atoms with Gasteiger partial charge in [0.05, 0.1) is 5.75 Å². The van der Waals surface area contributed by atoms with Crippen molar-refractivity contribution in [3.63, 3.8) is 0 Å². The zero-order chi connectivity index (χ0) is 16.4. The van der Waals surface area contributed by atoms with Gasteiger partial charge in [-0.05, 0) is 31.4 Å². The Kier molecular flexibility index (Phi) is 4.16. The normalized spacial score (nSPS) is 14.7. The van der Waals surface area contributed by atoms with Gasteiger partial charge >= 0.3 is 0 Å². The van der Waals surface area contributed by atoms with Crippen LogP contribution in [0.3, 0.4) is 0 Å². The van der Waals surface area contributed by atoms with Gasteiger partial charge in [0.25, 0.3) is 5.91 Å². The SMILES string of the molecule is CCCS(=O)(=O)NC(=O)c1cccc(-c2noc(C3CC3)n2)c1. The Hall–Kier alpha value is -2.22. The first-order valence-electron chi connectivity index (χ1n) is 7.47. The second-order valence-corrected chi connectivity index (χ2v) is 7.40. The fourth-order valence-corrected chi connectivity index (χ4v) is 3.21. The smallest absolute Gasteiger partial charge is 0.264 e. The molecule has 1 aliphatic rings. The maximum absolute atomic E-state index is 12.1. The van der Waals surface area contributed by atoms with Gasteiger partial charge in [0.1, 0.15) is 0 Å². The molecule has 0 unspecified atom stereocenters. The molecule has 1 heterocycles. The van der Waals surface area contributed by atoms with Gasteiger partial charge in [-0.1, -0.05) is 24.2 Å². The van der Waals surface area contributed by atoms with Crippen LogP contribution < -0.4 is 4.72 Å². The molecule has 1 fully saturated rings. The molecule has 1 aromatic carbocycles. The van der Waals surface area contributed by atoms with Crippen molar-refractivity contribution in [2.75, 3.05) is 5.75 Å². The predicted molar refractivity (Wildman–Crippen MR) is 83.3 cm³/mol. The topological polar surface area (TPSA) is 102 Å². The van der Waals surface area contributed by atoms with Crippen LogP contribution in [0.2, 0.25) is 0 Å². The van der Waals surface area contributed by atoms with E-state index in [9.17, 15) is 13.2 Å². The van der Waals surface area contributed by atoms with Crippen LogP contribution in [-0.4, -0.2) is 30.2 Å². The highest BCUT2D eigenvalue weighted by molar-refractivity contribution is 7.90. The fraction of sp³-hybridized carbons (Fsp3) is 0.400. The van der Waals surface area contributed by atoms with E-state index in [-0.39, 0.29) is 11.3 Å². The van der Waals surface area contributed by atoms with Crippen molar-refractivity contribution in [3.05, 3.63) is 35.7 Å². The minimum absolute atomic E-state index is 0.0893. The van der Waals surface area contributed by atoms with Gasteiger partial charge in [0, 0.05) is 17.0 Å². The minimum Gasteiger partial charge on any atom is -0.339 e. The first-order valence-corrected chi connectivity index (χ1v) is 9.12. The number of carbonyl (C=O) groups is 1. The third kappa shape index (κ3) is 3.76. The molecule has 1 aliphatic carbocycles. The summed E-state index contributed by atoms with van der Waals surface area (Å²) in [6.07, 6.45) is 2.55. The second-order valence-electron chi connectivity index (χ2n) is 5.56. The molecule has 1 saturated carbocycles. The molecule has 8 heteroatoms. The third-order valence-electron chi connectivity index (χ3n) is 3.47. The lowest BCUT2D eigenvalue weighted by molar-refractivity contribution is 0.0981. The Balaban J connectivity index is 1.80. The lowest BCUT2D eigenvalue weighted by Crippen LogP contribution is -2.32. The van der Waals surface area contributed by atoms with Gasteiger partial charge in [-0.25, -0.2) is 13.1 Å². The van der Waals surface area contributed by atoms with E-state index < -0.39 is 15.9 Å². The summed E-state index contributed by atoms with van der Waals surface area (Å²) in [7, 11) is -3.60. The van der Waals surface area contributed by atoms with Crippen LogP contribution >= 0.6 is 0 Å². The lowest BCUT2D eigenvalue weighted by atomic mass is 10.1. The predicted octanol–water partition coefficient (Wildman–Crippen LogP) is 2.08. The average molecular weight is 335 g/mol. The van der Waals surface area contributed by atoms with E-state index in [1.165, 1.54) is 0 Å². The molecule has 1 aromatic heterocycles. The molecule has 23 heavy (non-hydrogen) atoms. The van der Waals surface area contributed by atoms with Crippen molar-refractivity contribution < 1.29 is 17.7 Å². The summed E-state index contributed by atoms with van der Waals surface area (Å²) in [4.78, 5) is 16.4. The van der Waals surface area contributed by atoms with Crippen LogP contribution in [0.5, 0.6) is 0 Å². The van der Waals surface area contributed by atoms with E-state index >= 15 is 0 Å². The Bertz CT molecular complexity index is 825. The quantitative estimate of drug-likeness (QED) is 0.867. The zero-order valence-corrected chi connectivity index (χ0v) is 13.5. The number of nitrogens with zero attached hydrogens (tertiary/aromatic N) is 2. The molecule has 122 valence electrons. The van der Waals surface area contributed by atoms with Crippen molar-refractivity contribution in [1.29, 1.82) is 0 Å². The van der Waals surface area contributed by atoms with Gasteiger partial charge in [-0.15, -0.1) is 0 Å². The number of rotatable bonds is 6. The lowest BCUT2D eigenvalue weighted by Gasteiger charge is -2.06. The van der Waals surface area contributed by atoms with Crippen molar-refractivity contribution in [1.82, 2.24) is 14.9 Å². The molecule has 3 rings (SSSR count). The Morgan fingerprint density at radius 2 is 2.17 bits per heavy atom. The highest BCUT2D eigenvalue weighted by Crippen LogP contribution is 2.39. The average Bonchev–Trinajstić information content (AvgIpc) is 3.24. The number of hydrogen-bond donors (Lipinski definition) is 1. The van der Waals surface area contributed by atoms with Gasteiger partial charge in [-0.2, -0.15) is 4.98 Å². The Morgan fingerprint density at radius 3 is 2.87 bits per heavy atom. The summed E-state index contributed by atoms with van der Waals surface area (Å²) in [5, 5.41) is 3.92. The molecule has 0 saturated heterocycles. The van der Waals surface area contributed by atoms with Gasteiger partial charge < -0.3 is 4.52 Å². The van der Waals surface area contributed by atoms with E-state index in [1.807, 2.05) is 0 Å². The summed E-state index contributed by atoms with van der Waals surface area (Å²) in [6.45, 7) is 1.73. The van der Waals surface area contributed by atoms with Crippen LogP contribution in [0.1, 0.15) is 48.4 Å². The van der Waals surface area contributed by atoms with E-state index in [1.54, 1.807) is 31.2 Å². The standard InChI is InChI=1S/C15H17N3O4S/c1-2-8-23(20,21)18-14(19)12-5-3-4-11(9-12)13-16-15(22-17-13)10-6-7-10/h3-5,9-10H,2,6-8H2,1H3,(H,18,19). The number of sulfonamides is 1. The van der Waals surface area contributed by atoms with Crippen molar-refractivity contribution >= 4 is 15.9 Å². The van der Waals surface area contributed by atoms with Gasteiger partial charge in [0.2, 0.25) is 21.7 Å². The monoisotopic (exact) mass is 335 g/mol. The van der Waals surface area contributed by atoms with E-state index in [0.29, 0.717) is 29.6 Å². The molecule has 2 aromatic rings. The largest absolute Gasteiger partial charge is 0.339 e. The number of nitrogens with one attached hydrogen (secondary N) is 1. The maximum atomic E-state index is 12.1. The number of amides is 1. The van der Waals surface area contributed by atoms with Crippen LogP contribution in [0.25, 0.3) is 11.4 Å². The number of benzene rings is 1. The molecule has 1 N–H and O–H groups in total. The molecule has 0 atom stereocenters. The molecule has 1 amide bonds. The van der Waals surface area contributed by atoms with Gasteiger partial charge in [0.15, 0.2) is 0 Å². The molecule has 0 spiro atoms. The van der Waals surface area contributed by atoms with E-state index in [4.69, 9.17) is 4.52 Å². The fourth-order valence-electron chi connectivity index (χ4n) is 2.17. The maximum Gasteiger partial charge on any atom is 0.264 e. The van der Waals surface area contributed by atoms with E-state index in [2.05, 4.69) is 14.9 Å². The second kappa shape index (κ2) is 6.11. The minimum atomic E-state index is -3.60. The van der Waals surface area contributed by atoms with E-state index in [0.717, 1.165) is 12.8 Å². The van der Waals surface area contributed by atoms with Crippen molar-refractivity contribution in [2.45, 2.75) is 32.1 Å². The molecule has 0 radical (unpaired) electrons. The highest BCUT2D eigenvalue weighted by atomic mass is 32.2. The molecular weight excluding hydrogens is 318 g/mol. The molecule has 7 nitrogen and oxygen atoms in total. The summed E-state index contributed by atoms with van der Waals surface area (Å²) in [5.41, 5.74) is 0.848. The van der Waals surface area contributed by atoms with Crippen LogP contribution in [0, 0.1) is 0 Å². The summed E-state index contributed by atoms with van der Waals surface area (Å²) in [5.74, 6) is 0.611. The molecule has 0 aliphatic heterocycles. The Morgan fingerprint density at radius 1 is 1.39 bits per heavy atom. The van der Waals surface area contributed by atoms with Crippen LogP contribution in [0.15, 0.2) is 28.8 Å². The number of aromatic nitrogens is 2. The summed E-state index contributed by atoms with van der Waals surface area (Å²) < 4.78 is 30.6. The van der Waals surface area contributed by atoms with Crippen molar-refractivity contribution in [2.24, 2.45) is 0 Å².